The molecule has 0 saturated heterocycles. The minimum Gasteiger partial charge on any atom is -0.324 e. The van der Waals surface area contributed by atoms with Gasteiger partial charge < -0.3 is 5.32 Å². The fourth-order valence-corrected chi connectivity index (χ4v) is 1.28. The van der Waals surface area contributed by atoms with Crippen LogP contribution in [0.5, 0.6) is 0 Å². The maximum Gasteiger partial charge on any atom is 0.227 e. The zero-order valence-electron chi connectivity index (χ0n) is 8.81. The molecule has 1 aromatic heterocycles. The van der Waals surface area contributed by atoms with Gasteiger partial charge in [-0.3, -0.25) is 0 Å². The van der Waals surface area contributed by atoms with Gasteiger partial charge >= 0.3 is 0 Å². The highest BCUT2D eigenvalue weighted by Crippen LogP contribution is 2.16. The zero-order valence-corrected chi connectivity index (χ0v) is 8.81. The summed E-state index contributed by atoms with van der Waals surface area (Å²) >= 11 is 0. The lowest BCUT2D eigenvalue weighted by Crippen LogP contribution is -1.98. The summed E-state index contributed by atoms with van der Waals surface area (Å²) in [5, 5.41) is 11.7. The molecule has 2 rings (SSSR count). The van der Waals surface area contributed by atoms with E-state index in [1.807, 2.05) is 37.3 Å². The van der Waals surface area contributed by atoms with Crippen molar-refractivity contribution in [2.45, 2.75) is 6.92 Å². The van der Waals surface area contributed by atoms with Crippen molar-refractivity contribution in [3.05, 3.63) is 47.8 Å². The monoisotopic (exact) mass is 210 g/mol. The molecule has 1 aromatic carbocycles. The van der Waals surface area contributed by atoms with Gasteiger partial charge in [0.25, 0.3) is 0 Å². The Balaban J connectivity index is 2.22. The first-order valence-electron chi connectivity index (χ1n) is 4.84. The number of anilines is 2. The molecule has 4 nitrogen and oxygen atoms in total. The standard InChI is InChI=1S/C12H10N4/c1-9-4-2-3-5-11(9)16-12-14-7-10(6-13)8-15-12/h2-5,7-8H,1H3,(H,14,15,16). The molecule has 1 N–H and O–H groups in total. The van der Waals surface area contributed by atoms with Gasteiger partial charge in [0.05, 0.1) is 18.0 Å². The van der Waals surface area contributed by atoms with E-state index in [0.717, 1.165) is 11.3 Å². The third kappa shape index (κ3) is 2.15. The number of nitrogens with one attached hydrogen (secondary N) is 1. The fraction of sp³-hybridized carbons (Fsp3) is 0.0833. The number of aryl methyl sites for hydroxylation is 1. The van der Waals surface area contributed by atoms with Crippen LogP contribution in [0.4, 0.5) is 11.6 Å². The van der Waals surface area contributed by atoms with E-state index >= 15 is 0 Å². The normalized spacial score (nSPS) is 9.50. The first-order chi connectivity index (χ1) is 7.79. The van der Waals surface area contributed by atoms with Crippen molar-refractivity contribution in [3.8, 4) is 6.07 Å². The average molecular weight is 210 g/mol. The van der Waals surface area contributed by atoms with Crippen LogP contribution in [0.1, 0.15) is 11.1 Å². The molecular formula is C12H10N4. The molecule has 0 spiro atoms. The summed E-state index contributed by atoms with van der Waals surface area (Å²) in [5.74, 6) is 0.494. The van der Waals surface area contributed by atoms with E-state index in [-0.39, 0.29) is 0 Å². The fourth-order valence-electron chi connectivity index (χ4n) is 1.28. The van der Waals surface area contributed by atoms with Crippen molar-refractivity contribution in [2.24, 2.45) is 0 Å². The number of nitriles is 1. The summed E-state index contributed by atoms with van der Waals surface area (Å²) in [4.78, 5) is 8.08. The number of rotatable bonds is 2. The molecule has 0 atom stereocenters. The predicted molar refractivity (Wildman–Crippen MR) is 61.2 cm³/mol. The Kier molecular flexibility index (Phi) is 2.79. The molecule has 0 aliphatic heterocycles. The predicted octanol–water partition coefficient (Wildman–Crippen LogP) is 2.40. The third-order valence-corrected chi connectivity index (χ3v) is 2.17. The number of benzene rings is 1. The van der Waals surface area contributed by atoms with Crippen LogP contribution in [-0.4, -0.2) is 9.97 Å². The first-order valence-corrected chi connectivity index (χ1v) is 4.84. The van der Waals surface area contributed by atoms with Crippen LogP contribution in [0.3, 0.4) is 0 Å². The van der Waals surface area contributed by atoms with Crippen LogP contribution in [0, 0.1) is 18.3 Å². The van der Waals surface area contributed by atoms with E-state index in [2.05, 4.69) is 15.3 Å². The molecule has 0 amide bonds. The highest BCUT2D eigenvalue weighted by atomic mass is 15.1. The summed E-state index contributed by atoms with van der Waals surface area (Å²) in [7, 11) is 0. The van der Waals surface area contributed by atoms with Crippen molar-refractivity contribution >= 4 is 11.6 Å². The maximum absolute atomic E-state index is 8.61. The molecule has 0 radical (unpaired) electrons. The Morgan fingerprint density at radius 1 is 1.19 bits per heavy atom. The molecule has 0 unspecified atom stereocenters. The minimum atomic E-state index is 0.454. The van der Waals surface area contributed by atoms with Crippen LogP contribution in [0.25, 0.3) is 0 Å². The van der Waals surface area contributed by atoms with Gasteiger partial charge in [0.15, 0.2) is 0 Å². The quantitative estimate of drug-likeness (QED) is 0.826. The zero-order chi connectivity index (χ0) is 11.4. The largest absolute Gasteiger partial charge is 0.324 e. The molecule has 0 saturated carbocycles. The van der Waals surface area contributed by atoms with Crippen molar-refractivity contribution < 1.29 is 0 Å². The van der Waals surface area contributed by atoms with Gasteiger partial charge in [-0.25, -0.2) is 9.97 Å². The minimum absolute atomic E-state index is 0.454. The Bertz CT molecular complexity index is 525. The van der Waals surface area contributed by atoms with Crippen molar-refractivity contribution in [3.63, 3.8) is 0 Å². The summed E-state index contributed by atoms with van der Waals surface area (Å²) < 4.78 is 0. The van der Waals surface area contributed by atoms with E-state index in [1.165, 1.54) is 12.4 Å². The Hall–Kier alpha value is -2.41. The second-order valence-corrected chi connectivity index (χ2v) is 3.35. The van der Waals surface area contributed by atoms with Gasteiger partial charge in [0.2, 0.25) is 5.95 Å². The summed E-state index contributed by atoms with van der Waals surface area (Å²) in [6, 6.07) is 9.85. The van der Waals surface area contributed by atoms with E-state index in [4.69, 9.17) is 5.26 Å². The molecular weight excluding hydrogens is 200 g/mol. The van der Waals surface area contributed by atoms with Crippen molar-refractivity contribution in [1.29, 1.82) is 5.26 Å². The highest BCUT2D eigenvalue weighted by Gasteiger charge is 2.00. The lowest BCUT2D eigenvalue weighted by atomic mass is 10.2. The number of hydrogen-bond acceptors (Lipinski definition) is 4. The van der Waals surface area contributed by atoms with E-state index in [9.17, 15) is 0 Å². The lowest BCUT2D eigenvalue weighted by molar-refractivity contribution is 1.15. The van der Waals surface area contributed by atoms with Gasteiger partial charge in [-0.2, -0.15) is 5.26 Å². The molecule has 0 bridgehead atoms. The number of nitrogens with zero attached hydrogens (tertiary/aromatic N) is 3. The smallest absolute Gasteiger partial charge is 0.227 e. The van der Waals surface area contributed by atoms with Crippen LogP contribution < -0.4 is 5.32 Å². The SMILES string of the molecule is Cc1ccccc1Nc1ncc(C#N)cn1. The van der Waals surface area contributed by atoms with Crippen LogP contribution in [-0.2, 0) is 0 Å². The molecule has 0 aliphatic carbocycles. The van der Waals surface area contributed by atoms with E-state index in [0.29, 0.717) is 11.5 Å². The lowest BCUT2D eigenvalue weighted by Gasteiger charge is -2.06. The van der Waals surface area contributed by atoms with E-state index in [1.54, 1.807) is 0 Å². The van der Waals surface area contributed by atoms with Gasteiger partial charge in [-0.15, -0.1) is 0 Å². The molecule has 16 heavy (non-hydrogen) atoms. The first kappa shape index (κ1) is 10.1. The van der Waals surface area contributed by atoms with Gasteiger partial charge in [-0.05, 0) is 18.6 Å². The molecule has 4 heteroatoms. The van der Waals surface area contributed by atoms with Crippen LogP contribution in [0.15, 0.2) is 36.7 Å². The maximum atomic E-state index is 8.61. The number of hydrogen-bond donors (Lipinski definition) is 1. The molecule has 2 aromatic rings. The summed E-state index contributed by atoms with van der Waals surface area (Å²) in [6.07, 6.45) is 2.99. The van der Waals surface area contributed by atoms with Crippen LogP contribution >= 0.6 is 0 Å². The van der Waals surface area contributed by atoms with Crippen molar-refractivity contribution in [1.82, 2.24) is 9.97 Å². The van der Waals surface area contributed by atoms with Crippen LogP contribution in [0.2, 0.25) is 0 Å². The third-order valence-electron chi connectivity index (χ3n) is 2.17. The van der Waals surface area contributed by atoms with E-state index < -0.39 is 0 Å². The Morgan fingerprint density at radius 3 is 2.50 bits per heavy atom. The van der Waals surface area contributed by atoms with Gasteiger partial charge in [0.1, 0.15) is 6.07 Å². The molecule has 0 aliphatic rings. The second-order valence-electron chi connectivity index (χ2n) is 3.35. The molecule has 0 fully saturated rings. The van der Waals surface area contributed by atoms with Gasteiger partial charge in [-0.1, -0.05) is 18.2 Å². The second kappa shape index (κ2) is 4.41. The summed E-state index contributed by atoms with van der Waals surface area (Å²) in [5.41, 5.74) is 2.54. The number of para-hydroxylation sites is 1. The molecule has 1 heterocycles. The number of aromatic nitrogens is 2. The van der Waals surface area contributed by atoms with Gasteiger partial charge in [0, 0.05) is 5.69 Å². The molecule has 78 valence electrons. The Morgan fingerprint density at radius 2 is 1.88 bits per heavy atom. The van der Waals surface area contributed by atoms with Crippen molar-refractivity contribution in [2.75, 3.05) is 5.32 Å². The highest BCUT2D eigenvalue weighted by molar-refractivity contribution is 5.57. The Labute approximate surface area is 93.6 Å². The summed E-state index contributed by atoms with van der Waals surface area (Å²) in [6.45, 7) is 2.01. The topological polar surface area (TPSA) is 61.6 Å². The average Bonchev–Trinajstić information content (AvgIpc) is 2.33.